The second-order valence-electron chi connectivity index (χ2n) is 4.51. The summed E-state index contributed by atoms with van der Waals surface area (Å²) < 4.78 is 5.54. The van der Waals surface area contributed by atoms with Crippen molar-refractivity contribution in [2.45, 2.75) is 26.4 Å². The maximum Gasteiger partial charge on any atom is 0.263 e. The van der Waals surface area contributed by atoms with Gasteiger partial charge >= 0.3 is 0 Å². The molecule has 106 valence electrons. The highest BCUT2D eigenvalue weighted by Gasteiger charge is 2.19. The number of hydrogen-bond acceptors (Lipinski definition) is 4. The second-order valence-corrected chi connectivity index (χ2v) is 4.51. The zero-order valence-corrected chi connectivity index (χ0v) is 11.9. The van der Waals surface area contributed by atoms with Crippen LogP contribution in [-0.4, -0.2) is 36.3 Å². The van der Waals surface area contributed by atoms with Gasteiger partial charge in [-0.25, -0.2) is 0 Å². The first-order valence-electron chi connectivity index (χ1n) is 6.35. The molecule has 1 aromatic carbocycles. The van der Waals surface area contributed by atoms with E-state index in [1.54, 1.807) is 38.2 Å². The fourth-order valence-electron chi connectivity index (χ4n) is 1.68. The Balaban J connectivity index is 2.68. The lowest BCUT2D eigenvalue weighted by molar-refractivity contribution is -0.136. The minimum atomic E-state index is -0.666. The largest absolute Gasteiger partial charge is 0.481 e. The highest BCUT2D eigenvalue weighted by atomic mass is 16.5. The Morgan fingerprint density at radius 3 is 2.75 bits per heavy atom. The van der Waals surface area contributed by atoms with Gasteiger partial charge in [-0.1, -0.05) is 12.1 Å². The van der Waals surface area contributed by atoms with Crippen molar-refractivity contribution in [2.24, 2.45) is 0 Å². The van der Waals surface area contributed by atoms with Gasteiger partial charge in [0.05, 0.1) is 12.5 Å². The third-order valence-corrected chi connectivity index (χ3v) is 2.84. The first kappa shape index (κ1) is 15.7. The van der Waals surface area contributed by atoms with Crippen LogP contribution in [-0.2, 0) is 4.79 Å². The van der Waals surface area contributed by atoms with E-state index >= 15 is 0 Å². The van der Waals surface area contributed by atoms with Gasteiger partial charge < -0.3 is 9.64 Å². The van der Waals surface area contributed by atoms with Crippen LogP contribution in [0, 0.1) is 11.3 Å². The molecule has 0 aliphatic heterocycles. The second kappa shape index (κ2) is 7.29. The molecule has 1 aromatic rings. The van der Waals surface area contributed by atoms with Crippen molar-refractivity contribution in [3.05, 3.63) is 29.8 Å². The van der Waals surface area contributed by atoms with E-state index in [1.807, 2.05) is 6.07 Å². The summed E-state index contributed by atoms with van der Waals surface area (Å²) in [5.41, 5.74) is 0.542. The number of Topliss-reactive ketones (excluding diaryl/α,β-unsaturated/α-hetero) is 1. The van der Waals surface area contributed by atoms with Gasteiger partial charge in [0, 0.05) is 19.2 Å². The van der Waals surface area contributed by atoms with Crippen LogP contribution in [0.1, 0.15) is 30.6 Å². The molecule has 0 spiro atoms. The van der Waals surface area contributed by atoms with Crippen LogP contribution in [0.4, 0.5) is 0 Å². The van der Waals surface area contributed by atoms with Crippen molar-refractivity contribution in [2.75, 3.05) is 13.6 Å². The standard InChI is InChI=1S/C15H18N2O3/c1-11(18)13-6-4-7-14(10-13)20-12(2)15(19)17(3)9-5-8-16/h4,6-7,10,12H,5,9H2,1-3H3/t12-/m0/s1. The molecule has 0 fully saturated rings. The Bertz CT molecular complexity index is 534. The number of nitrogens with zero attached hydrogens (tertiary/aromatic N) is 2. The van der Waals surface area contributed by atoms with Gasteiger partial charge in [-0.2, -0.15) is 5.26 Å². The first-order valence-corrected chi connectivity index (χ1v) is 6.35. The number of likely N-dealkylation sites (N-methyl/N-ethyl adjacent to an activating group) is 1. The summed E-state index contributed by atoms with van der Waals surface area (Å²) in [5.74, 6) is 0.223. The number of carbonyl (C=O) groups excluding carboxylic acids is 2. The van der Waals surface area contributed by atoms with Crippen LogP contribution in [0.5, 0.6) is 5.75 Å². The molecular weight excluding hydrogens is 256 g/mol. The van der Waals surface area contributed by atoms with E-state index in [2.05, 4.69) is 0 Å². The monoisotopic (exact) mass is 274 g/mol. The van der Waals surface area contributed by atoms with Crippen molar-refractivity contribution in [1.29, 1.82) is 5.26 Å². The maximum absolute atomic E-state index is 12.0. The molecule has 0 bridgehead atoms. The molecule has 0 aliphatic rings. The van der Waals surface area contributed by atoms with Crippen LogP contribution in [0.25, 0.3) is 0 Å². The number of ketones is 1. The van der Waals surface area contributed by atoms with Gasteiger partial charge in [-0.3, -0.25) is 9.59 Å². The molecular formula is C15H18N2O3. The van der Waals surface area contributed by atoms with E-state index in [1.165, 1.54) is 11.8 Å². The molecule has 0 aromatic heterocycles. The lowest BCUT2D eigenvalue weighted by Crippen LogP contribution is -2.38. The molecule has 1 atom stereocenters. The summed E-state index contributed by atoms with van der Waals surface area (Å²) in [5, 5.41) is 8.50. The van der Waals surface area contributed by atoms with Crippen LogP contribution < -0.4 is 4.74 Å². The Morgan fingerprint density at radius 2 is 2.15 bits per heavy atom. The van der Waals surface area contributed by atoms with Crippen LogP contribution in [0.15, 0.2) is 24.3 Å². The van der Waals surface area contributed by atoms with Gasteiger partial charge in [0.25, 0.3) is 5.91 Å². The average molecular weight is 274 g/mol. The topological polar surface area (TPSA) is 70.4 Å². The highest BCUT2D eigenvalue weighted by molar-refractivity contribution is 5.94. The molecule has 5 heteroatoms. The van der Waals surface area contributed by atoms with Gasteiger partial charge in [0.15, 0.2) is 11.9 Å². The molecule has 1 amide bonds. The van der Waals surface area contributed by atoms with E-state index in [9.17, 15) is 9.59 Å². The third kappa shape index (κ3) is 4.39. The Hall–Kier alpha value is -2.35. The van der Waals surface area contributed by atoms with Crippen molar-refractivity contribution < 1.29 is 14.3 Å². The molecule has 0 saturated heterocycles. The van der Waals surface area contributed by atoms with Gasteiger partial charge in [-0.05, 0) is 26.0 Å². The van der Waals surface area contributed by atoms with Crippen molar-refractivity contribution in [1.82, 2.24) is 4.90 Å². The van der Waals surface area contributed by atoms with Crippen LogP contribution >= 0.6 is 0 Å². The number of amides is 1. The molecule has 5 nitrogen and oxygen atoms in total. The van der Waals surface area contributed by atoms with Crippen LogP contribution in [0.3, 0.4) is 0 Å². The van der Waals surface area contributed by atoms with Gasteiger partial charge in [-0.15, -0.1) is 0 Å². The summed E-state index contributed by atoms with van der Waals surface area (Å²) in [4.78, 5) is 24.7. The summed E-state index contributed by atoms with van der Waals surface area (Å²) in [6.45, 7) is 3.49. The Labute approximate surface area is 118 Å². The fourth-order valence-corrected chi connectivity index (χ4v) is 1.68. The molecule has 0 heterocycles. The minimum absolute atomic E-state index is 0.0550. The quantitative estimate of drug-likeness (QED) is 0.744. The summed E-state index contributed by atoms with van der Waals surface area (Å²) in [6.07, 6.45) is -0.379. The molecule has 0 N–H and O–H groups in total. The number of ether oxygens (including phenoxy) is 1. The predicted octanol–water partition coefficient (Wildman–Crippen LogP) is 2.03. The number of rotatable bonds is 6. The van der Waals surface area contributed by atoms with Gasteiger partial charge in [0.1, 0.15) is 5.75 Å². The molecule has 20 heavy (non-hydrogen) atoms. The fraction of sp³-hybridized carbons (Fsp3) is 0.400. The van der Waals surface area contributed by atoms with E-state index in [-0.39, 0.29) is 18.1 Å². The molecule has 0 unspecified atom stereocenters. The summed E-state index contributed by atoms with van der Waals surface area (Å²) >= 11 is 0. The maximum atomic E-state index is 12.0. The highest BCUT2D eigenvalue weighted by Crippen LogP contribution is 2.16. The number of nitriles is 1. The minimum Gasteiger partial charge on any atom is -0.481 e. The zero-order valence-electron chi connectivity index (χ0n) is 11.9. The molecule has 0 radical (unpaired) electrons. The summed E-state index contributed by atoms with van der Waals surface area (Å²) in [7, 11) is 1.63. The molecule has 0 aliphatic carbocycles. The van der Waals surface area contributed by atoms with Crippen molar-refractivity contribution >= 4 is 11.7 Å². The lowest BCUT2D eigenvalue weighted by atomic mass is 10.1. The van der Waals surface area contributed by atoms with E-state index in [4.69, 9.17) is 10.00 Å². The van der Waals surface area contributed by atoms with Crippen LogP contribution in [0.2, 0.25) is 0 Å². The first-order chi connectivity index (χ1) is 9.45. The average Bonchev–Trinajstić information content (AvgIpc) is 2.44. The third-order valence-electron chi connectivity index (χ3n) is 2.84. The Morgan fingerprint density at radius 1 is 1.45 bits per heavy atom. The van der Waals surface area contributed by atoms with Crippen molar-refractivity contribution in [3.8, 4) is 11.8 Å². The summed E-state index contributed by atoms with van der Waals surface area (Å²) in [6, 6.07) is 8.71. The zero-order chi connectivity index (χ0) is 15.1. The van der Waals surface area contributed by atoms with E-state index < -0.39 is 6.10 Å². The molecule has 1 rings (SSSR count). The smallest absolute Gasteiger partial charge is 0.263 e. The number of hydrogen-bond donors (Lipinski definition) is 0. The van der Waals surface area contributed by atoms with E-state index in [0.29, 0.717) is 17.9 Å². The SMILES string of the molecule is CC(=O)c1cccc(O[C@@H](C)C(=O)N(C)CCC#N)c1. The molecule has 0 saturated carbocycles. The number of benzene rings is 1. The van der Waals surface area contributed by atoms with Crippen molar-refractivity contribution in [3.63, 3.8) is 0 Å². The lowest BCUT2D eigenvalue weighted by Gasteiger charge is -2.21. The van der Waals surface area contributed by atoms with E-state index in [0.717, 1.165) is 0 Å². The normalized spacial score (nSPS) is 11.3. The predicted molar refractivity (Wildman–Crippen MR) is 74.4 cm³/mol. The number of carbonyl (C=O) groups is 2. The van der Waals surface area contributed by atoms with Gasteiger partial charge in [0.2, 0.25) is 0 Å². The Kier molecular flexibility index (Phi) is 5.73.